The molecule has 0 bridgehead atoms. The van der Waals surface area contributed by atoms with E-state index in [9.17, 15) is 0 Å². The number of aryl methyl sites for hydroxylation is 2. The molecule has 1 unspecified atom stereocenters. The van der Waals surface area contributed by atoms with Crippen LogP contribution in [0.4, 0.5) is 0 Å². The van der Waals surface area contributed by atoms with E-state index in [1.54, 1.807) is 0 Å². The Morgan fingerprint density at radius 3 is 2.72 bits per heavy atom. The van der Waals surface area contributed by atoms with Crippen LogP contribution in [0.3, 0.4) is 0 Å². The lowest BCUT2D eigenvalue weighted by Gasteiger charge is -2.15. The second-order valence-electron chi connectivity index (χ2n) is 4.63. The first-order valence-electron chi connectivity index (χ1n) is 6.39. The molecule has 0 saturated carbocycles. The Labute approximate surface area is 108 Å². The largest absolute Gasteiger partial charge is 0.469 e. The summed E-state index contributed by atoms with van der Waals surface area (Å²) in [5.41, 5.74) is 3.49. The topological polar surface area (TPSA) is 38.1 Å². The van der Waals surface area contributed by atoms with Gasteiger partial charge in [0.25, 0.3) is 0 Å². The fourth-order valence-corrected chi connectivity index (χ4v) is 2.03. The van der Waals surface area contributed by atoms with Gasteiger partial charge < -0.3 is 9.73 Å². The van der Waals surface area contributed by atoms with Crippen LogP contribution >= 0.6 is 0 Å². The number of nitrogens with zero attached hydrogens (tertiary/aromatic N) is 1. The van der Waals surface area contributed by atoms with Crippen molar-refractivity contribution in [2.75, 3.05) is 6.54 Å². The van der Waals surface area contributed by atoms with E-state index in [1.165, 1.54) is 11.1 Å². The number of hydrogen-bond acceptors (Lipinski definition) is 3. The van der Waals surface area contributed by atoms with Crippen LogP contribution in [0.2, 0.25) is 0 Å². The number of furan rings is 1. The van der Waals surface area contributed by atoms with Gasteiger partial charge in [-0.05, 0) is 38.1 Å². The molecule has 0 saturated heterocycles. The van der Waals surface area contributed by atoms with Gasteiger partial charge in [-0.3, -0.25) is 4.98 Å². The predicted octanol–water partition coefficient (Wildman–Crippen LogP) is 3.18. The van der Waals surface area contributed by atoms with E-state index in [1.807, 2.05) is 19.4 Å². The Hall–Kier alpha value is -1.61. The summed E-state index contributed by atoms with van der Waals surface area (Å²) in [5, 5.41) is 3.48. The van der Waals surface area contributed by atoms with Crippen LogP contribution in [-0.2, 0) is 6.42 Å². The zero-order valence-corrected chi connectivity index (χ0v) is 11.2. The summed E-state index contributed by atoms with van der Waals surface area (Å²) in [6.07, 6.45) is 4.63. The van der Waals surface area contributed by atoms with Gasteiger partial charge in [-0.2, -0.15) is 0 Å². The standard InChI is InChI=1S/C15H20N2O/c1-4-16-15(13-7-12(3)18-10-13)8-14-6-5-11(2)9-17-14/h5-7,9-10,15-16H,4,8H2,1-3H3. The molecule has 96 valence electrons. The van der Waals surface area contributed by atoms with Crippen LogP contribution in [0.5, 0.6) is 0 Å². The van der Waals surface area contributed by atoms with Gasteiger partial charge in [-0.1, -0.05) is 13.0 Å². The molecule has 3 heteroatoms. The van der Waals surface area contributed by atoms with E-state index < -0.39 is 0 Å². The third-order valence-corrected chi connectivity index (χ3v) is 2.99. The van der Waals surface area contributed by atoms with E-state index in [2.05, 4.69) is 42.3 Å². The van der Waals surface area contributed by atoms with Crippen molar-refractivity contribution in [3.63, 3.8) is 0 Å². The van der Waals surface area contributed by atoms with Crippen molar-refractivity contribution < 1.29 is 4.42 Å². The van der Waals surface area contributed by atoms with Crippen molar-refractivity contribution in [3.05, 3.63) is 53.2 Å². The molecule has 2 rings (SSSR count). The number of aromatic nitrogens is 1. The molecule has 0 radical (unpaired) electrons. The molecule has 1 atom stereocenters. The Morgan fingerprint density at radius 2 is 2.17 bits per heavy atom. The van der Waals surface area contributed by atoms with Gasteiger partial charge in [0.05, 0.1) is 6.26 Å². The molecule has 0 fully saturated rings. The van der Waals surface area contributed by atoms with Crippen molar-refractivity contribution in [2.24, 2.45) is 0 Å². The van der Waals surface area contributed by atoms with Crippen molar-refractivity contribution in [1.29, 1.82) is 0 Å². The van der Waals surface area contributed by atoms with Crippen LogP contribution in [-0.4, -0.2) is 11.5 Å². The van der Waals surface area contributed by atoms with Gasteiger partial charge in [-0.15, -0.1) is 0 Å². The first kappa shape index (κ1) is 12.8. The average molecular weight is 244 g/mol. The summed E-state index contributed by atoms with van der Waals surface area (Å²) in [6, 6.07) is 6.54. The maximum Gasteiger partial charge on any atom is 0.101 e. The van der Waals surface area contributed by atoms with Gasteiger partial charge >= 0.3 is 0 Å². The summed E-state index contributed by atoms with van der Waals surface area (Å²) < 4.78 is 5.39. The van der Waals surface area contributed by atoms with Crippen LogP contribution in [0, 0.1) is 13.8 Å². The molecule has 0 spiro atoms. The van der Waals surface area contributed by atoms with Crippen LogP contribution < -0.4 is 5.32 Å². The SMILES string of the molecule is CCNC(Cc1ccc(C)cn1)c1coc(C)c1. The monoisotopic (exact) mass is 244 g/mol. The number of hydrogen-bond donors (Lipinski definition) is 1. The maximum atomic E-state index is 5.39. The van der Waals surface area contributed by atoms with E-state index in [4.69, 9.17) is 4.42 Å². The fourth-order valence-electron chi connectivity index (χ4n) is 2.03. The van der Waals surface area contributed by atoms with Crippen molar-refractivity contribution in [2.45, 2.75) is 33.2 Å². The number of likely N-dealkylation sites (N-methyl/N-ethyl adjacent to an activating group) is 1. The molecular weight excluding hydrogens is 224 g/mol. The third-order valence-electron chi connectivity index (χ3n) is 2.99. The van der Waals surface area contributed by atoms with E-state index in [-0.39, 0.29) is 6.04 Å². The van der Waals surface area contributed by atoms with E-state index in [0.29, 0.717) is 0 Å². The molecule has 18 heavy (non-hydrogen) atoms. The van der Waals surface area contributed by atoms with Crippen LogP contribution in [0.15, 0.2) is 35.1 Å². The Bertz CT molecular complexity index is 487. The molecule has 0 aromatic carbocycles. The Kier molecular flexibility index (Phi) is 4.15. The molecule has 2 aromatic rings. The summed E-state index contributed by atoms with van der Waals surface area (Å²) in [4.78, 5) is 4.46. The Morgan fingerprint density at radius 1 is 1.33 bits per heavy atom. The first-order valence-corrected chi connectivity index (χ1v) is 6.39. The summed E-state index contributed by atoms with van der Waals surface area (Å²) >= 11 is 0. The zero-order valence-electron chi connectivity index (χ0n) is 11.2. The minimum Gasteiger partial charge on any atom is -0.469 e. The molecule has 0 aliphatic carbocycles. The van der Waals surface area contributed by atoms with E-state index >= 15 is 0 Å². The smallest absolute Gasteiger partial charge is 0.101 e. The highest BCUT2D eigenvalue weighted by atomic mass is 16.3. The third kappa shape index (κ3) is 3.20. The molecular formula is C15H20N2O. The van der Waals surface area contributed by atoms with Crippen molar-refractivity contribution in [3.8, 4) is 0 Å². The first-order chi connectivity index (χ1) is 8.69. The minimum absolute atomic E-state index is 0.266. The van der Waals surface area contributed by atoms with Gasteiger partial charge in [0, 0.05) is 29.9 Å². The lowest BCUT2D eigenvalue weighted by Crippen LogP contribution is -2.22. The molecule has 2 aromatic heterocycles. The summed E-state index contributed by atoms with van der Waals surface area (Å²) in [6.45, 7) is 7.07. The lowest BCUT2D eigenvalue weighted by molar-refractivity contribution is 0.509. The fraction of sp³-hybridized carbons (Fsp3) is 0.400. The second kappa shape index (κ2) is 5.83. The van der Waals surface area contributed by atoms with Crippen molar-refractivity contribution in [1.82, 2.24) is 10.3 Å². The van der Waals surface area contributed by atoms with Gasteiger partial charge in [0.2, 0.25) is 0 Å². The van der Waals surface area contributed by atoms with Crippen LogP contribution in [0.1, 0.15) is 35.5 Å². The normalized spacial score (nSPS) is 12.6. The molecule has 0 aliphatic rings. The molecule has 2 heterocycles. The van der Waals surface area contributed by atoms with Gasteiger partial charge in [0.1, 0.15) is 5.76 Å². The second-order valence-corrected chi connectivity index (χ2v) is 4.63. The molecule has 0 amide bonds. The summed E-state index contributed by atoms with van der Waals surface area (Å²) in [5.74, 6) is 0.949. The van der Waals surface area contributed by atoms with E-state index in [0.717, 1.165) is 24.4 Å². The zero-order chi connectivity index (χ0) is 13.0. The maximum absolute atomic E-state index is 5.39. The lowest BCUT2D eigenvalue weighted by atomic mass is 10.0. The minimum atomic E-state index is 0.266. The highest BCUT2D eigenvalue weighted by Gasteiger charge is 2.13. The quantitative estimate of drug-likeness (QED) is 0.877. The highest BCUT2D eigenvalue weighted by Crippen LogP contribution is 2.20. The van der Waals surface area contributed by atoms with Crippen LogP contribution in [0.25, 0.3) is 0 Å². The molecule has 1 N–H and O–H groups in total. The van der Waals surface area contributed by atoms with Gasteiger partial charge in [0.15, 0.2) is 0 Å². The molecule has 0 aliphatic heterocycles. The average Bonchev–Trinajstić information content (AvgIpc) is 2.78. The number of pyridine rings is 1. The van der Waals surface area contributed by atoms with Crippen molar-refractivity contribution >= 4 is 0 Å². The predicted molar refractivity (Wildman–Crippen MR) is 72.5 cm³/mol. The number of nitrogens with one attached hydrogen (secondary N) is 1. The summed E-state index contributed by atoms with van der Waals surface area (Å²) in [7, 11) is 0. The Balaban J connectivity index is 2.13. The highest BCUT2D eigenvalue weighted by molar-refractivity contribution is 5.20. The van der Waals surface area contributed by atoms with Gasteiger partial charge in [-0.25, -0.2) is 0 Å². The number of rotatable bonds is 5. The molecule has 3 nitrogen and oxygen atoms in total.